The van der Waals surface area contributed by atoms with Gasteiger partial charge in [-0.2, -0.15) is 5.26 Å². The van der Waals surface area contributed by atoms with Crippen LogP contribution in [0.5, 0.6) is 0 Å². The molecule has 0 N–H and O–H groups in total. The monoisotopic (exact) mass is 392 g/mol. The van der Waals surface area contributed by atoms with E-state index in [2.05, 4.69) is 11.1 Å². The highest BCUT2D eigenvalue weighted by Gasteiger charge is 2.14. The van der Waals surface area contributed by atoms with Crippen molar-refractivity contribution in [1.29, 1.82) is 5.26 Å². The lowest BCUT2D eigenvalue weighted by Crippen LogP contribution is -1.92. The quantitative estimate of drug-likeness (QED) is 0.474. The molecule has 0 aliphatic heterocycles. The van der Waals surface area contributed by atoms with Crippen LogP contribution in [0.25, 0.3) is 22.3 Å². The zero-order valence-corrected chi connectivity index (χ0v) is 15.0. The Morgan fingerprint density at radius 1 is 0.667 bits per heavy atom. The second kappa shape index (κ2) is 7.01. The molecule has 0 saturated heterocycles. The number of halogens is 4. The number of nitriles is 1. The summed E-state index contributed by atoms with van der Waals surface area (Å²) in [6.07, 6.45) is 3.21. The topological polar surface area (TPSA) is 36.7 Å². The lowest BCUT2D eigenvalue weighted by Gasteiger charge is -2.11. The minimum Gasteiger partial charge on any atom is -0.263 e. The Bertz CT molecular complexity index is 867. The Balaban J connectivity index is 2.26. The summed E-state index contributed by atoms with van der Waals surface area (Å²) in [4.78, 5) is 4.24. The van der Waals surface area contributed by atoms with E-state index in [1.165, 1.54) is 0 Å². The standard InChI is InChI=1S/C18H8Cl4N2/c19-12-1-10(2-13(20)5-12)17-8-24-9-18(16(17)7-23)11-3-14(21)6-15(22)4-11/h1-6,8-9H. The molecule has 0 saturated carbocycles. The third-order valence-corrected chi connectivity index (χ3v) is 4.28. The number of rotatable bonds is 2. The average Bonchev–Trinajstić information content (AvgIpc) is 2.52. The second-order valence-electron chi connectivity index (χ2n) is 5.04. The molecule has 0 aliphatic carbocycles. The third-order valence-electron chi connectivity index (χ3n) is 3.40. The highest BCUT2D eigenvalue weighted by molar-refractivity contribution is 6.35. The van der Waals surface area contributed by atoms with Crippen molar-refractivity contribution in [3.05, 3.63) is 74.4 Å². The van der Waals surface area contributed by atoms with E-state index >= 15 is 0 Å². The van der Waals surface area contributed by atoms with Crippen LogP contribution in [0.15, 0.2) is 48.8 Å². The molecule has 0 amide bonds. The Morgan fingerprint density at radius 2 is 1.04 bits per heavy atom. The molecule has 0 spiro atoms. The summed E-state index contributed by atoms with van der Waals surface area (Å²) in [7, 11) is 0. The maximum atomic E-state index is 9.69. The predicted octanol–water partition coefficient (Wildman–Crippen LogP) is 6.90. The van der Waals surface area contributed by atoms with Crippen molar-refractivity contribution in [3.8, 4) is 28.3 Å². The first kappa shape index (κ1) is 17.1. The number of benzene rings is 2. The van der Waals surface area contributed by atoms with E-state index in [1.54, 1.807) is 48.8 Å². The number of aromatic nitrogens is 1. The molecule has 3 aromatic rings. The first-order valence-corrected chi connectivity index (χ1v) is 8.30. The van der Waals surface area contributed by atoms with Gasteiger partial charge < -0.3 is 0 Å². The highest BCUT2D eigenvalue weighted by atomic mass is 35.5. The van der Waals surface area contributed by atoms with Gasteiger partial charge in [-0.1, -0.05) is 46.4 Å². The fourth-order valence-electron chi connectivity index (χ4n) is 2.44. The highest BCUT2D eigenvalue weighted by Crippen LogP contribution is 2.35. The van der Waals surface area contributed by atoms with Gasteiger partial charge in [-0.15, -0.1) is 0 Å². The van der Waals surface area contributed by atoms with Crippen LogP contribution < -0.4 is 0 Å². The number of pyridine rings is 1. The van der Waals surface area contributed by atoms with Crippen LogP contribution in [0, 0.1) is 11.3 Å². The van der Waals surface area contributed by atoms with Gasteiger partial charge in [-0.3, -0.25) is 4.98 Å². The lowest BCUT2D eigenvalue weighted by molar-refractivity contribution is 1.31. The van der Waals surface area contributed by atoms with Gasteiger partial charge in [0, 0.05) is 43.6 Å². The van der Waals surface area contributed by atoms with Crippen LogP contribution in [-0.2, 0) is 0 Å². The Kier molecular flexibility index (Phi) is 4.99. The summed E-state index contributed by atoms with van der Waals surface area (Å²) >= 11 is 24.3. The zero-order chi connectivity index (χ0) is 17.3. The van der Waals surface area contributed by atoms with Crippen LogP contribution in [-0.4, -0.2) is 4.98 Å². The maximum absolute atomic E-state index is 9.69. The van der Waals surface area contributed by atoms with Crippen molar-refractivity contribution < 1.29 is 0 Å². The normalized spacial score (nSPS) is 10.5. The van der Waals surface area contributed by atoms with E-state index in [0.29, 0.717) is 47.9 Å². The van der Waals surface area contributed by atoms with Gasteiger partial charge in [0.2, 0.25) is 0 Å². The summed E-state index contributed by atoms with van der Waals surface area (Å²) < 4.78 is 0. The molecule has 0 fully saturated rings. The van der Waals surface area contributed by atoms with Crippen molar-refractivity contribution in [3.63, 3.8) is 0 Å². The fourth-order valence-corrected chi connectivity index (χ4v) is 3.49. The van der Waals surface area contributed by atoms with Crippen molar-refractivity contribution in [2.45, 2.75) is 0 Å². The molecule has 2 aromatic carbocycles. The summed E-state index contributed by atoms with van der Waals surface area (Å²) in [6, 6.07) is 12.4. The van der Waals surface area contributed by atoms with Gasteiger partial charge in [0.25, 0.3) is 0 Å². The average molecular weight is 394 g/mol. The second-order valence-corrected chi connectivity index (χ2v) is 6.78. The molecule has 0 bridgehead atoms. The lowest BCUT2D eigenvalue weighted by atomic mass is 9.95. The molecule has 1 aromatic heterocycles. The Labute approximate surface area is 159 Å². The van der Waals surface area contributed by atoms with Crippen LogP contribution in [0.1, 0.15) is 5.56 Å². The SMILES string of the molecule is N#Cc1c(-c2cc(Cl)cc(Cl)c2)cncc1-c1cc(Cl)cc(Cl)c1. The largest absolute Gasteiger partial charge is 0.263 e. The smallest absolute Gasteiger partial charge is 0.101 e. The first-order valence-electron chi connectivity index (χ1n) is 6.79. The van der Waals surface area contributed by atoms with Crippen LogP contribution in [0.2, 0.25) is 20.1 Å². The summed E-state index contributed by atoms with van der Waals surface area (Å²) in [6.45, 7) is 0. The first-order chi connectivity index (χ1) is 11.5. The van der Waals surface area contributed by atoms with Crippen LogP contribution >= 0.6 is 46.4 Å². The van der Waals surface area contributed by atoms with E-state index in [4.69, 9.17) is 46.4 Å². The van der Waals surface area contributed by atoms with E-state index in [-0.39, 0.29) is 0 Å². The van der Waals surface area contributed by atoms with Crippen molar-refractivity contribution >= 4 is 46.4 Å². The summed E-state index contributed by atoms with van der Waals surface area (Å²) in [5, 5.41) is 11.6. The Morgan fingerprint density at radius 3 is 1.38 bits per heavy atom. The molecule has 6 heteroatoms. The third kappa shape index (κ3) is 3.50. The van der Waals surface area contributed by atoms with Crippen LogP contribution in [0.4, 0.5) is 0 Å². The van der Waals surface area contributed by atoms with Crippen molar-refractivity contribution in [2.24, 2.45) is 0 Å². The molecule has 1 heterocycles. The molecular formula is C18H8Cl4N2. The minimum atomic E-state index is 0.446. The van der Waals surface area contributed by atoms with Gasteiger partial charge in [0.05, 0.1) is 5.56 Å². The Hall–Kier alpha value is -1.76. The molecule has 0 radical (unpaired) electrons. The van der Waals surface area contributed by atoms with E-state index in [9.17, 15) is 5.26 Å². The van der Waals surface area contributed by atoms with Gasteiger partial charge in [0.1, 0.15) is 6.07 Å². The van der Waals surface area contributed by atoms with Crippen molar-refractivity contribution in [2.75, 3.05) is 0 Å². The van der Waals surface area contributed by atoms with Gasteiger partial charge >= 0.3 is 0 Å². The molecule has 0 atom stereocenters. The van der Waals surface area contributed by atoms with Crippen LogP contribution in [0.3, 0.4) is 0 Å². The molecule has 24 heavy (non-hydrogen) atoms. The maximum Gasteiger partial charge on any atom is 0.101 e. The summed E-state index contributed by atoms with van der Waals surface area (Å²) in [5.41, 5.74) is 3.14. The van der Waals surface area contributed by atoms with E-state index < -0.39 is 0 Å². The van der Waals surface area contributed by atoms with E-state index in [0.717, 1.165) is 0 Å². The predicted molar refractivity (Wildman–Crippen MR) is 99.9 cm³/mol. The zero-order valence-electron chi connectivity index (χ0n) is 12.0. The van der Waals surface area contributed by atoms with Crippen molar-refractivity contribution in [1.82, 2.24) is 4.98 Å². The molecule has 2 nitrogen and oxygen atoms in total. The van der Waals surface area contributed by atoms with Gasteiger partial charge in [0.15, 0.2) is 0 Å². The minimum absolute atomic E-state index is 0.446. The summed E-state index contributed by atoms with van der Waals surface area (Å²) in [5.74, 6) is 0. The van der Waals surface area contributed by atoms with E-state index in [1.807, 2.05) is 0 Å². The number of hydrogen-bond donors (Lipinski definition) is 0. The number of hydrogen-bond acceptors (Lipinski definition) is 2. The van der Waals surface area contributed by atoms with Gasteiger partial charge in [-0.05, 0) is 47.5 Å². The number of nitrogens with zero attached hydrogens (tertiary/aromatic N) is 2. The fraction of sp³-hybridized carbons (Fsp3) is 0. The molecule has 3 rings (SSSR count). The molecular weight excluding hydrogens is 386 g/mol. The van der Waals surface area contributed by atoms with Gasteiger partial charge in [-0.25, -0.2) is 0 Å². The molecule has 118 valence electrons. The molecule has 0 unspecified atom stereocenters. The molecule has 0 aliphatic rings.